The molecule has 0 radical (unpaired) electrons. The van der Waals surface area contributed by atoms with E-state index in [1.54, 1.807) is 0 Å². The Kier molecular flexibility index (Phi) is 9.20. The first-order valence-corrected chi connectivity index (χ1v) is 22.0. The van der Waals surface area contributed by atoms with Gasteiger partial charge in [-0.05, 0) is 127 Å². The summed E-state index contributed by atoms with van der Waals surface area (Å²) in [5.74, 6) is 0. The first-order chi connectivity index (χ1) is 31.8. The molecular formula is C62H42N2. The van der Waals surface area contributed by atoms with Crippen LogP contribution in [-0.4, -0.2) is 4.57 Å². The van der Waals surface area contributed by atoms with E-state index in [-0.39, 0.29) is 0 Å². The molecule has 0 amide bonds. The molecule has 1 heterocycles. The minimum absolute atomic E-state index is 1.08. The number of hydrogen-bond donors (Lipinski definition) is 0. The summed E-state index contributed by atoms with van der Waals surface area (Å²) in [6, 6.07) is 92.6. The monoisotopic (exact) mass is 814 g/mol. The highest BCUT2D eigenvalue weighted by molar-refractivity contribution is 6.22. The average Bonchev–Trinajstić information content (AvgIpc) is 3.71. The molecule has 64 heavy (non-hydrogen) atoms. The number of anilines is 3. The van der Waals surface area contributed by atoms with Crippen molar-refractivity contribution < 1.29 is 0 Å². The van der Waals surface area contributed by atoms with Crippen LogP contribution in [0.1, 0.15) is 0 Å². The van der Waals surface area contributed by atoms with E-state index in [0.29, 0.717) is 0 Å². The number of para-hydroxylation sites is 2. The molecular weight excluding hydrogens is 773 g/mol. The molecule has 0 saturated heterocycles. The van der Waals surface area contributed by atoms with Gasteiger partial charge in [0.25, 0.3) is 0 Å². The first kappa shape index (κ1) is 37.3. The van der Waals surface area contributed by atoms with Crippen molar-refractivity contribution in [3.8, 4) is 50.2 Å². The van der Waals surface area contributed by atoms with Gasteiger partial charge in [0, 0.05) is 33.5 Å². The minimum atomic E-state index is 1.08. The van der Waals surface area contributed by atoms with E-state index in [2.05, 4.69) is 264 Å². The van der Waals surface area contributed by atoms with Crippen LogP contribution < -0.4 is 4.90 Å². The van der Waals surface area contributed by atoms with E-state index in [1.807, 2.05) is 0 Å². The Morgan fingerprint density at radius 1 is 0.234 bits per heavy atom. The molecule has 2 heteroatoms. The second kappa shape index (κ2) is 15.8. The average molecular weight is 815 g/mol. The third-order valence-electron chi connectivity index (χ3n) is 12.8. The van der Waals surface area contributed by atoms with E-state index in [9.17, 15) is 0 Å². The summed E-state index contributed by atoms with van der Waals surface area (Å²) in [5.41, 5.74) is 16.4. The third-order valence-corrected chi connectivity index (χ3v) is 12.8. The Labute approximate surface area is 373 Å². The quantitative estimate of drug-likeness (QED) is 0.139. The van der Waals surface area contributed by atoms with Gasteiger partial charge in [-0.2, -0.15) is 0 Å². The highest BCUT2D eigenvalue weighted by Crippen LogP contribution is 2.46. The van der Waals surface area contributed by atoms with E-state index >= 15 is 0 Å². The molecule has 0 fully saturated rings. The SMILES string of the molecule is c1ccc(-c2ccc(N(c3ccc(-c4ccc5c(c4)c(-c4ccccc4)c(-c4ccccc4)c4ccccc45)cc3)c3ccc4c5ccccc5n(-c5ccccc5)c4c3)cc2)cc1. The van der Waals surface area contributed by atoms with Crippen molar-refractivity contribution in [2.24, 2.45) is 0 Å². The highest BCUT2D eigenvalue weighted by atomic mass is 15.1. The van der Waals surface area contributed by atoms with Crippen LogP contribution in [0.25, 0.3) is 93.5 Å². The lowest BCUT2D eigenvalue weighted by molar-refractivity contribution is 1.18. The fourth-order valence-corrected chi connectivity index (χ4v) is 9.82. The first-order valence-electron chi connectivity index (χ1n) is 22.0. The molecule has 0 aliphatic heterocycles. The molecule has 12 aromatic rings. The number of rotatable bonds is 8. The van der Waals surface area contributed by atoms with Gasteiger partial charge < -0.3 is 9.47 Å². The summed E-state index contributed by atoms with van der Waals surface area (Å²) >= 11 is 0. The van der Waals surface area contributed by atoms with Gasteiger partial charge in [0.05, 0.1) is 11.0 Å². The zero-order chi connectivity index (χ0) is 42.4. The van der Waals surface area contributed by atoms with Gasteiger partial charge >= 0.3 is 0 Å². The van der Waals surface area contributed by atoms with Crippen molar-refractivity contribution in [3.05, 3.63) is 255 Å². The number of hydrogen-bond acceptors (Lipinski definition) is 1. The van der Waals surface area contributed by atoms with Crippen molar-refractivity contribution in [3.63, 3.8) is 0 Å². The molecule has 0 aliphatic carbocycles. The lowest BCUT2D eigenvalue weighted by Crippen LogP contribution is -2.10. The third kappa shape index (κ3) is 6.44. The highest BCUT2D eigenvalue weighted by Gasteiger charge is 2.20. The summed E-state index contributed by atoms with van der Waals surface area (Å²) in [4.78, 5) is 2.39. The van der Waals surface area contributed by atoms with Crippen LogP contribution in [0.15, 0.2) is 255 Å². The molecule has 2 nitrogen and oxygen atoms in total. The van der Waals surface area contributed by atoms with Crippen LogP contribution in [0, 0.1) is 0 Å². The van der Waals surface area contributed by atoms with Crippen molar-refractivity contribution in [1.29, 1.82) is 0 Å². The second-order valence-corrected chi connectivity index (χ2v) is 16.5. The predicted octanol–water partition coefficient (Wildman–Crippen LogP) is 17.2. The van der Waals surface area contributed by atoms with Gasteiger partial charge in [0.2, 0.25) is 0 Å². The standard InChI is InChI=1S/C62H42N2/c1-5-17-43(18-6-1)44-29-34-50(35-30-44)63(52-38-40-56-55-26-15-16-28-59(55)64(60(56)42-52)49-23-11-4-12-24-49)51-36-31-45(32-37-51)48-33-39-54-53-25-13-14-27-57(53)61(46-19-7-2-8-20-46)62(58(54)41-48)47-21-9-3-10-22-47/h1-42H. The zero-order valence-electron chi connectivity index (χ0n) is 35.1. The lowest BCUT2D eigenvalue weighted by Gasteiger charge is -2.26. The number of nitrogens with zero attached hydrogens (tertiary/aromatic N) is 2. The largest absolute Gasteiger partial charge is 0.310 e. The Hall–Kier alpha value is -8.46. The van der Waals surface area contributed by atoms with E-state index in [1.165, 1.54) is 82.3 Å². The summed E-state index contributed by atoms with van der Waals surface area (Å²) in [6.07, 6.45) is 0. The molecule has 0 saturated carbocycles. The molecule has 0 aliphatic rings. The van der Waals surface area contributed by atoms with Crippen LogP contribution in [0.2, 0.25) is 0 Å². The summed E-state index contributed by atoms with van der Waals surface area (Å²) in [5, 5.41) is 7.49. The summed E-state index contributed by atoms with van der Waals surface area (Å²) < 4.78 is 2.39. The van der Waals surface area contributed by atoms with Crippen LogP contribution in [0.4, 0.5) is 17.1 Å². The van der Waals surface area contributed by atoms with Gasteiger partial charge in [-0.25, -0.2) is 0 Å². The zero-order valence-corrected chi connectivity index (χ0v) is 35.1. The van der Waals surface area contributed by atoms with Crippen LogP contribution in [0.3, 0.4) is 0 Å². The normalized spacial score (nSPS) is 11.4. The molecule has 0 N–H and O–H groups in total. The smallest absolute Gasteiger partial charge is 0.0561 e. The minimum Gasteiger partial charge on any atom is -0.310 e. The fraction of sp³-hybridized carbons (Fsp3) is 0. The van der Waals surface area contributed by atoms with Gasteiger partial charge in [-0.1, -0.05) is 194 Å². The Bertz CT molecular complexity index is 3610. The fourth-order valence-electron chi connectivity index (χ4n) is 9.82. The van der Waals surface area contributed by atoms with Gasteiger partial charge in [-0.15, -0.1) is 0 Å². The Morgan fingerprint density at radius 3 is 1.27 bits per heavy atom. The van der Waals surface area contributed by atoms with Gasteiger partial charge in [0.15, 0.2) is 0 Å². The summed E-state index contributed by atoms with van der Waals surface area (Å²) in [7, 11) is 0. The van der Waals surface area contributed by atoms with Crippen LogP contribution in [0.5, 0.6) is 0 Å². The van der Waals surface area contributed by atoms with E-state index < -0.39 is 0 Å². The molecule has 300 valence electrons. The van der Waals surface area contributed by atoms with Crippen molar-refractivity contribution in [2.45, 2.75) is 0 Å². The van der Waals surface area contributed by atoms with Crippen molar-refractivity contribution in [2.75, 3.05) is 4.90 Å². The Balaban J connectivity index is 1.02. The van der Waals surface area contributed by atoms with E-state index in [0.717, 1.165) is 28.3 Å². The number of benzene rings is 11. The Morgan fingerprint density at radius 2 is 0.641 bits per heavy atom. The molecule has 11 aromatic carbocycles. The van der Waals surface area contributed by atoms with Gasteiger partial charge in [-0.3, -0.25) is 0 Å². The van der Waals surface area contributed by atoms with E-state index in [4.69, 9.17) is 0 Å². The van der Waals surface area contributed by atoms with Gasteiger partial charge in [0.1, 0.15) is 0 Å². The number of fused-ring (bicyclic) bond motifs is 6. The maximum atomic E-state index is 2.40. The predicted molar refractivity (Wildman–Crippen MR) is 272 cm³/mol. The molecule has 0 unspecified atom stereocenters. The van der Waals surface area contributed by atoms with Crippen molar-refractivity contribution in [1.82, 2.24) is 4.57 Å². The maximum absolute atomic E-state index is 2.40. The molecule has 12 rings (SSSR count). The lowest BCUT2D eigenvalue weighted by atomic mass is 9.84. The molecule has 0 atom stereocenters. The summed E-state index contributed by atoms with van der Waals surface area (Å²) in [6.45, 7) is 0. The molecule has 1 aromatic heterocycles. The van der Waals surface area contributed by atoms with Crippen molar-refractivity contribution >= 4 is 60.4 Å². The topological polar surface area (TPSA) is 8.17 Å². The molecule has 0 bridgehead atoms. The van der Waals surface area contributed by atoms with Crippen LogP contribution in [-0.2, 0) is 0 Å². The maximum Gasteiger partial charge on any atom is 0.0561 e. The van der Waals surface area contributed by atoms with Crippen LogP contribution >= 0.6 is 0 Å². The number of aromatic nitrogens is 1. The molecule has 0 spiro atoms. The second-order valence-electron chi connectivity index (χ2n) is 16.5.